The molecule has 0 aromatic carbocycles. The van der Waals surface area contributed by atoms with Crippen molar-refractivity contribution in [2.75, 3.05) is 11.9 Å². The molecule has 2 aromatic rings. The maximum Gasteiger partial charge on any atom is 0.227 e. The highest BCUT2D eigenvalue weighted by Crippen LogP contribution is 2.21. The number of hydrogen-bond acceptors (Lipinski definition) is 5. The van der Waals surface area contributed by atoms with E-state index in [-0.39, 0.29) is 43.1 Å². The molecule has 3 amide bonds. The van der Waals surface area contributed by atoms with E-state index in [1.54, 1.807) is 24.4 Å². The number of pyridine rings is 1. The fourth-order valence-electron chi connectivity index (χ4n) is 2.17. The van der Waals surface area contributed by atoms with Gasteiger partial charge in [-0.25, -0.2) is 4.98 Å². The number of nitrogens with one attached hydrogen (secondary N) is 3. The van der Waals surface area contributed by atoms with Crippen molar-refractivity contribution in [2.24, 2.45) is 0 Å². The van der Waals surface area contributed by atoms with Crippen LogP contribution in [-0.2, 0) is 14.4 Å². The van der Waals surface area contributed by atoms with Crippen LogP contribution in [0.1, 0.15) is 30.7 Å². The van der Waals surface area contributed by atoms with Gasteiger partial charge in [-0.05, 0) is 23.6 Å². The van der Waals surface area contributed by atoms with Gasteiger partial charge < -0.3 is 16.0 Å². The van der Waals surface area contributed by atoms with E-state index in [0.29, 0.717) is 5.82 Å². The van der Waals surface area contributed by atoms with Crippen molar-refractivity contribution in [3.63, 3.8) is 0 Å². The maximum absolute atomic E-state index is 12.1. The molecule has 0 saturated heterocycles. The van der Waals surface area contributed by atoms with Crippen molar-refractivity contribution < 1.29 is 14.4 Å². The summed E-state index contributed by atoms with van der Waals surface area (Å²) in [5, 5.41) is 10.0. The summed E-state index contributed by atoms with van der Waals surface area (Å²) in [5.41, 5.74) is 0. The molecule has 0 aliphatic rings. The van der Waals surface area contributed by atoms with Gasteiger partial charge >= 0.3 is 0 Å². The molecule has 0 fully saturated rings. The van der Waals surface area contributed by atoms with E-state index in [0.717, 1.165) is 4.88 Å². The molecule has 1 atom stereocenters. The number of rotatable bonds is 8. The Bertz CT molecular complexity index is 704. The average molecular weight is 360 g/mol. The summed E-state index contributed by atoms with van der Waals surface area (Å²) < 4.78 is 0. The lowest BCUT2D eigenvalue weighted by Gasteiger charge is -2.16. The van der Waals surface area contributed by atoms with Gasteiger partial charge in [-0.15, -0.1) is 11.3 Å². The molecule has 0 unspecified atom stereocenters. The molecule has 0 aliphatic heterocycles. The number of anilines is 1. The van der Waals surface area contributed by atoms with Crippen molar-refractivity contribution in [3.05, 3.63) is 46.8 Å². The first-order chi connectivity index (χ1) is 12.0. The molecule has 2 heterocycles. The second-order valence-corrected chi connectivity index (χ2v) is 6.32. The van der Waals surface area contributed by atoms with Crippen molar-refractivity contribution in [3.8, 4) is 0 Å². The lowest BCUT2D eigenvalue weighted by atomic mass is 10.1. The molecule has 25 heavy (non-hydrogen) atoms. The molecule has 132 valence electrons. The van der Waals surface area contributed by atoms with Crippen molar-refractivity contribution in [1.29, 1.82) is 0 Å². The highest BCUT2D eigenvalue weighted by molar-refractivity contribution is 7.10. The van der Waals surface area contributed by atoms with Gasteiger partial charge in [-0.3, -0.25) is 14.4 Å². The van der Waals surface area contributed by atoms with E-state index in [4.69, 9.17) is 0 Å². The summed E-state index contributed by atoms with van der Waals surface area (Å²) in [5.74, 6) is -0.170. The number of thiophene rings is 1. The van der Waals surface area contributed by atoms with Crippen molar-refractivity contribution in [2.45, 2.75) is 25.8 Å². The lowest BCUT2D eigenvalue weighted by molar-refractivity contribution is -0.122. The summed E-state index contributed by atoms with van der Waals surface area (Å²) in [6.45, 7) is 1.63. The quantitative estimate of drug-likeness (QED) is 0.669. The minimum Gasteiger partial charge on any atom is -0.356 e. The van der Waals surface area contributed by atoms with E-state index in [9.17, 15) is 14.4 Å². The third kappa shape index (κ3) is 6.72. The average Bonchev–Trinajstić information content (AvgIpc) is 3.09. The summed E-state index contributed by atoms with van der Waals surface area (Å²) in [4.78, 5) is 40.1. The van der Waals surface area contributed by atoms with Gasteiger partial charge in [-0.1, -0.05) is 12.1 Å². The molecule has 2 aromatic heterocycles. The molecule has 0 spiro atoms. The van der Waals surface area contributed by atoms with E-state index >= 15 is 0 Å². The standard InChI is InChI=1S/C17H20N4O3S/c1-12(22)20-13(14-5-4-10-25-14)11-17(24)19-9-7-16(23)21-15-6-2-3-8-18-15/h2-6,8,10,13H,7,9,11H2,1H3,(H,19,24)(H,20,22)(H,18,21,23)/t13-/m0/s1. The van der Waals surface area contributed by atoms with Crippen molar-refractivity contribution >= 4 is 34.9 Å². The number of nitrogens with zero attached hydrogens (tertiary/aromatic N) is 1. The van der Waals surface area contributed by atoms with Crippen LogP contribution in [0.3, 0.4) is 0 Å². The molecule has 2 rings (SSSR count). The molecule has 0 aliphatic carbocycles. The van der Waals surface area contributed by atoms with Gasteiger partial charge in [0.1, 0.15) is 5.82 Å². The zero-order chi connectivity index (χ0) is 18.1. The van der Waals surface area contributed by atoms with Gasteiger partial charge in [0.15, 0.2) is 0 Å². The number of hydrogen-bond donors (Lipinski definition) is 3. The van der Waals surface area contributed by atoms with Crippen LogP contribution in [0.15, 0.2) is 41.9 Å². The zero-order valence-corrected chi connectivity index (χ0v) is 14.6. The van der Waals surface area contributed by atoms with Crippen LogP contribution < -0.4 is 16.0 Å². The van der Waals surface area contributed by atoms with Crippen LogP contribution in [0.4, 0.5) is 5.82 Å². The third-order valence-corrected chi connectivity index (χ3v) is 4.25. The van der Waals surface area contributed by atoms with Gasteiger partial charge in [0.2, 0.25) is 17.7 Å². The smallest absolute Gasteiger partial charge is 0.227 e. The number of aromatic nitrogens is 1. The first-order valence-electron chi connectivity index (χ1n) is 7.82. The highest BCUT2D eigenvalue weighted by atomic mass is 32.1. The number of carbonyl (C=O) groups excluding carboxylic acids is 3. The fraction of sp³-hybridized carbons (Fsp3) is 0.294. The van der Waals surface area contributed by atoms with Gasteiger partial charge in [0.25, 0.3) is 0 Å². The Kier molecular flexibility index (Phi) is 7.09. The van der Waals surface area contributed by atoms with Crippen LogP contribution >= 0.6 is 11.3 Å². The fourth-order valence-corrected chi connectivity index (χ4v) is 2.95. The van der Waals surface area contributed by atoms with Crippen LogP contribution in [0, 0.1) is 0 Å². The van der Waals surface area contributed by atoms with E-state index in [1.165, 1.54) is 18.3 Å². The molecule has 0 saturated carbocycles. The monoisotopic (exact) mass is 360 g/mol. The summed E-state index contributed by atoms with van der Waals surface area (Å²) in [6.07, 6.45) is 1.86. The topological polar surface area (TPSA) is 100 Å². The predicted molar refractivity (Wildman–Crippen MR) is 96.0 cm³/mol. The van der Waals surface area contributed by atoms with Gasteiger partial charge in [0, 0.05) is 31.0 Å². The van der Waals surface area contributed by atoms with Crippen LogP contribution in [-0.4, -0.2) is 29.3 Å². The van der Waals surface area contributed by atoms with Crippen LogP contribution in [0.5, 0.6) is 0 Å². The summed E-state index contributed by atoms with van der Waals surface area (Å²) >= 11 is 1.48. The van der Waals surface area contributed by atoms with E-state index in [1.807, 2.05) is 17.5 Å². The molecule has 0 radical (unpaired) electrons. The molecule has 7 nitrogen and oxygen atoms in total. The molecule has 8 heteroatoms. The second-order valence-electron chi connectivity index (χ2n) is 5.34. The molecular formula is C17H20N4O3S. The SMILES string of the molecule is CC(=O)N[C@@H](CC(=O)NCCC(=O)Nc1ccccn1)c1cccs1. The Morgan fingerprint density at radius 2 is 2.00 bits per heavy atom. The number of carbonyl (C=O) groups is 3. The Hall–Kier alpha value is -2.74. The van der Waals surface area contributed by atoms with Crippen LogP contribution in [0.2, 0.25) is 0 Å². The minimum absolute atomic E-state index is 0.127. The highest BCUT2D eigenvalue weighted by Gasteiger charge is 2.18. The summed E-state index contributed by atoms with van der Waals surface area (Å²) in [7, 11) is 0. The van der Waals surface area contributed by atoms with Gasteiger partial charge in [0.05, 0.1) is 12.5 Å². The van der Waals surface area contributed by atoms with E-state index in [2.05, 4.69) is 20.9 Å². The van der Waals surface area contributed by atoms with Crippen LogP contribution in [0.25, 0.3) is 0 Å². The Balaban J connectivity index is 1.75. The second kappa shape index (κ2) is 9.53. The normalized spacial score (nSPS) is 11.4. The third-order valence-electron chi connectivity index (χ3n) is 3.26. The molecule has 0 bridgehead atoms. The first-order valence-corrected chi connectivity index (χ1v) is 8.70. The zero-order valence-electron chi connectivity index (χ0n) is 13.8. The Labute approximate surface area is 149 Å². The van der Waals surface area contributed by atoms with E-state index < -0.39 is 0 Å². The summed E-state index contributed by atoms with van der Waals surface area (Å²) in [6, 6.07) is 8.61. The number of amides is 3. The first kappa shape index (κ1) is 18.6. The lowest BCUT2D eigenvalue weighted by Crippen LogP contribution is -2.33. The maximum atomic E-state index is 12.1. The van der Waals surface area contributed by atoms with Gasteiger partial charge in [-0.2, -0.15) is 0 Å². The minimum atomic E-state index is -0.361. The Morgan fingerprint density at radius 3 is 2.64 bits per heavy atom. The van der Waals surface area contributed by atoms with Crippen molar-refractivity contribution in [1.82, 2.24) is 15.6 Å². The molecule has 3 N–H and O–H groups in total. The predicted octanol–water partition coefficient (Wildman–Crippen LogP) is 1.86. The molecular weight excluding hydrogens is 340 g/mol. The Morgan fingerprint density at radius 1 is 1.16 bits per heavy atom. The largest absolute Gasteiger partial charge is 0.356 e.